The number of cyclic esters (lactones) is 1. The standard InChI is InChI=1S/C50H63FN8O18S/c1-5-50(74)25-12-30-40-23(16-59(30)47(72)24(25)18-76-49(50)73)38-27(7-6-22-21(4)26(51)13-28(56-40)37(22)38)55-33(61)9-11-53-44(69)29(19-75-48-43(68)42(67)41(66)31(17-60)77-48)57-46(71)39(20(2)3)58-34(62)8-10-52-35(63)15-54-45(70)32(78)14-36(64)65/h12-13,20,27,29,31-32,39,41-43,48,60,66-68,74,78H,5-11,14-19H2,1-4H3,(H,52,63)(H,53,69)(H,54,70)(H,55,61)(H,57,71)(H,58,62)(H,64,65)/t27-,29-,31+,32?,39-,41+,42-,43+,48+,50-/m0/s1/i/hT. The number of aliphatic carboxylic acids is 1. The number of pyridine rings is 2. The third kappa shape index (κ3) is 12.3. The Morgan fingerprint density at radius 2 is 1.67 bits per heavy atom. The van der Waals surface area contributed by atoms with E-state index in [0.717, 1.165) is 0 Å². The topological polar surface area (TPSA) is 393 Å². The summed E-state index contributed by atoms with van der Waals surface area (Å²) in [5.41, 5.74) is 0.560. The molecule has 3 aliphatic heterocycles. The number of hydrogen-bond acceptors (Lipinski definition) is 19. The third-order valence-corrected chi connectivity index (χ3v) is 14.7. The van der Waals surface area contributed by atoms with Crippen LogP contribution in [0.1, 0.15) is 92.3 Å². The predicted octanol–water partition coefficient (Wildman–Crippen LogP) is -3.03. The molecule has 12 N–H and O–H groups in total. The molecule has 0 saturated carbocycles. The first-order valence-corrected chi connectivity index (χ1v) is 25.7. The molecule has 1 saturated heterocycles. The summed E-state index contributed by atoms with van der Waals surface area (Å²) >= 11 is 0.244. The Kier molecular flexibility index (Phi) is 18.1. The Balaban J connectivity index is 1.03. The van der Waals surface area contributed by atoms with Gasteiger partial charge in [0.15, 0.2) is 11.9 Å². The molecule has 4 aliphatic rings. The lowest BCUT2D eigenvalue weighted by Gasteiger charge is -2.40. The molecule has 1 fully saturated rings. The highest BCUT2D eigenvalue weighted by Crippen LogP contribution is 2.46. The number of nitrogens with one attached hydrogen (secondary N) is 6. The maximum Gasteiger partial charge on any atom is 0.343 e. The first-order valence-electron chi connectivity index (χ1n) is 25.6. The van der Waals surface area contributed by atoms with E-state index in [9.17, 15) is 68.7 Å². The van der Waals surface area contributed by atoms with Gasteiger partial charge in [0.25, 0.3) is 5.56 Å². The van der Waals surface area contributed by atoms with Crippen LogP contribution in [0.25, 0.3) is 22.3 Å². The molecule has 2 aromatic heterocycles. The molecule has 28 heteroatoms. The van der Waals surface area contributed by atoms with Crippen molar-refractivity contribution in [1.82, 2.24) is 41.5 Å². The zero-order valence-corrected chi connectivity index (χ0v) is 43.7. The zero-order valence-electron chi connectivity index (χ0n) is 43.9. The summed E-state index contributed by atoms with van der Waals surface area (Å²) in [5, 5.41) is 75.8. The van der Waals surface area contributed by atoms with E-state index in [1.165, 1.54) is 16.7 Å². The van der Waals surface area contributed by atoms with Gasteiger partial charge < -0.3 is 81.3 Å². The van der Waals surface area contributed by atoms with E-state index in [4.69, 9.17) is 25.4 Å². The quantitative estimate of drug-likeness (QED) is 0.0260. The highest BCUT2D eigenvalue weighted by molar-refractivity contribution is 7.81. The fourth-order valence-electron chi connectivity index (χ4n) is 9.92. The number of aliphatic hydroxyl groups excluding tert-OH is 4. The second-order valence-electron chi connectivity index (χ2n) is 19.8. The van der Waals surface area contributed by atoms with Crippen molar-refractivity contribution in [2.24, 2.45) is 5.92 Å². The molecule has 3 aromatic rings. The lowest BCUT2D eigenvalue weighted by molar-refractivity contribution is -0.301. The van der Waals surface area contributed by atoms with Crippen LogP contribution in [0.3, 0.4) is 0 Å². The van der Waals surface area contributed by atoms with Crippen LogP contribution in [0.5, 0.6) is 0 Å². The van der Waals surface area contributed by atoms with Crippen LogP contribution in [0.4, 0.5) is 4.39 Å². The van der Waals surface area contributed by atoms with E-state index in [2.05, 4.69) is 31.9 Å². The summed E-state index contributed by atoms with van der Waals surface area (Å²) in [6.45, 7) is 3.21. The smallest absolute Gasteiger partial charge is 0.343 e. The molecule has 6 amide bonds. The average Bonchev–Trinajstić information content (AvgIpc) is 4.01. The minimum Gasteiger partial charge on any atom is -0.481 e. The molecule has 0 radical (unpaired) electrons. The average molecular weight is 1120 g/mol. The molecule has 7 rings (SSSR count). The Morgan fingerprint density at radius 1 is 0.949 bits per heavy atom. The highest BCUT2D eigenvalue weighted by Gasteiger charge is 2.47. The van der Waals surface area contributed by atoms with Crippen LogP contribution in [0.2, 0.25) is 0 Å². The molecule has 5 heterocycles. The number of thiol groups is 1. The maximum absolute atomic E-state index is 15.5. The van der Waals surface area contributed by atoms with Gasteiger partial charge in [-0.15, -0.1) is 0 Å². The van der Waals surface area contributed by atoms with Crippen molar-refractivity contribution < 1.29 is 87.6 Å². The van der Waals surface area contributed by atoms with E-state index in [0.29, 0.717) is 39.8 Å². The van der Waals surface area contributed by atoms with Crippen molar-refractivity contribution in [3.05, 3.63) is 61.7 Å². The minimum absolute atomic E-state index is 0.0137. The normalized spacial score (nSPS) is 23.3. The number of ether oxygens (including phenoxy) is 3. The molecule has 78 heavy (non-hydrogen) atoms. The van der Waals surface area contributed by atoms with Gasteiger partial charge in [0.05, 0.1) is 66.5 Å². The molecule has 0 bridgehead atoms. The Morgan fingerprint density at radius 3 is 2.35 bits per heavy atom. The maximum atomic E-state index is 15.5. The number of carbonyl (C=O) groups excluding carboxylic acids is 7. The molecule has 424 valence electrons. The first-order chi connectivity index (χ1) is 37.4. The van der Waals surface area contributed by atoms with Crippen LogP contribution in [-0.2, 0) is 77.7 Å². The second kappa shape index (κ2) is 24.6. The van der Waals surface area contributed by atoms with Crippen molar-refractivity contribution in [1.29, 1.82) is 1.12 Å². The van der Waals surface area contributed by atoms with Crippen LogP contribution in [0, 0.1) is 18.7 Å². The Labute approximate surface area is 450 Å². The molecule has 1 aromatic carbocycles. The fourth-order valence-corrected chi connectivity index (χ4v) is 10.1. The fraction of sp³-hybridized carbons (Fsp3) is 0.560. The summed E-state index contributed by atoms with van der Waals surface area (Å²) in [6.07, 6.45) is -9.46. The summed E-state index contributed by atoms with van der Waals surface area (Å²) in [5.74, 6) is -8.10. The number of aliphatic hydroxyl groups is 5. The number of carboxylic acid groups (broad SMARTS) is 1. The van der Waals surface area contributed by atoms with E-state index in [1.54, 1.807) is 27.7 Å². The molecule has 1 aliphatic carbocycles. The van der Waals surface area contributed by atoms with Gasteiger partial charge in [0.2, 0.25) is 35.4 Å². The minimum atomic E-state index is -2.10. The molecular formula is C50H63FN8O18S. The number of carbonyl (C=O) groups is 8. The summed E-state index contributed by atoms with van der Waals surface area (Å²) in [6, 6.07) is -0.898. The lowest BCUT2D eigenvalue weighted by Crippen LogP contribution is -2.61. The van der Waals surface area contributed by atoms with Crippen LogP contribution < -0.4 is 37.5 Å². The van der Waals surface area contributed by atoms with Gasteiger partial charge >= 0.3 is 11.9 Å². The summed E-state index contributed by atoms with van der Waals surface area (Å²) in [4.78, 5) is 122. The number of amides is 6. The Hall–Kier alpha value is -6.66. The van der Waals surface area contributed by atoms with Gasteiger partial charge in [-0.2, -0.15) is 12.5 Å². The molecule has 0 spiro atoms. The lowest BCUT2D eigenvalue weighted by atomic mass is 9.81. The van der Waals surface area contributed by atoms with E-state index in [-0.39, 0.29) is 86.8 Å². The monoisotopic (exact) mass is 1120 g/mol. The van der Waals surface area contributed by atoms with Gasteiger partial charge in [-0.05, 0) is 54.9 Å². The Bertz CT molecular complexity index is 2980. The number of nitrogens with zero attached hydrogens (tertiary/aromatic N) is 2. The van der Waals surface area contributed by atoms with Gasteiger partial charge in [-0.25, -0.2) is 14.2 Å². The summed E-state index contributed by atoms with van der Waals surface area (Å²) < 4.78 is 40.5. The number of aromatic nitrogens is 2. The third-order valence-electron chi connectivity index (χ3n) is 14.3. The van der Waals surface area contributed by atoms with E-state index in [1.807, 2.05) is 0 Å². The number of halogens is 1. The van der Waals surface area contributed by atoms with E-state index >= 15 is 4.39 Å². The van der Waals surface area contributed by atoms with Gasteiger partial charge in [0, 0.05) is 48.5 Å². The van der Waals surface area contributed by atoms with Crippen molar-refractivity contribution in [2.45, 2.75) is 139 Å². The van der Waals surface area contributed by atoms with Crippen molar-refractivity contribution in [2.75, 3.05) is 32.8 Å². The van der Waals surface area contributed by atoms with Crippen LogP contribution >= 0.6 is 12.5 Å². The van der Waals surface area contributed by atoms with Gasteiger partial charge in [-0.3, -0.25) is 38.4 Å². The van der Waals surface area contributed by atoms with Crippen molar-refractivity contribution in [3.8, 4) is 11.4 Å². The molecular weight excluding hydrogens is 1050 g/mol. The number of fused-ring (bicyclic) bond motifs is 5. The number of esters is 1. The van der Waals surface area contributed by atoms with Crippen molar-refractivity contribution >= 4 is 70.8 Å². The predicted molar refractivity (Wildman–Crippen MR) is 270 cm³/mol. The van der Waals surface area contributed by atoms with Crippen LogP contribution in [0.15, 0.2) is 16.9 Å². The second-order valence-corrected chi connectivity index (χ2v) is 20.4. The number of aryl methyl sites for hydroxylation is 1. The van der Waals surface area contributed by atoms with Crippen molar-refractivity contribution in [3.63, 3.8) is 0 Å². The number of hydrogen-bond donors (Lipinski definition) is 13. The number of rotatable bonds is 23. The first kappa shape index (κ1) is 57.5. The molecule has 10 atom stereocenters. The van der Waals surface area contributed by atoms with E-state index < -0.39 is 151 Å². The number of carboxylic acids is 1. The van der Waals surface area contributed by atoms with Gasteiger partial charge in [0.1, 0.15) is 50.0 Å². The largest absolute Gasteiger partial charge is 0.481 e. The highest BCUT2D eigenvalue weighted by atomic mass is 32.1. The number of benzene rings is 1. The molecule has 1 unspecified atom stereocenters. The summed E-state index contributed by atoms with van der Waals surface area (Å²) in [7, 11) is 0. The van der Waals surface area contributed by atoms with Crippen LogP contribution in [-0.4, -0.2) is 170 Å². The molecule has 26 nitrogen and oxygen atoms in total. The SMILES string of the molecule is [3H]SC(CC(=O)O)C(=O)NCC(=O)NCCC(=O)N[C@H](C(=O)N[C@@H](CO[C@@H]1O[C@H](CO)[C@@H](O)[C@H](O)[C@H]1O)C(=O)NCCC(=O)N[C@H]1CCc2c(C)c(F)cc3nc4c(c1c23)Cn1c-4cc2c(c1=O)COC(=O)[C@]2(O)CC)C(C)C. The van der Waals surface area contributed by atoms with Gasteiger partial charge in [-0.1, -0.05) is 20.8 Å². The zero-order chi connectivity index (χ0) is 57.8.